The van der Waals surface area contributed by atoms with E-state index in [2.05, 4.69) is 4.99 Å². The van der Waals surface area contributed by atoms with Crippen LogP contribution in [0.3, 0.4) is 0 Å². The number of esters is 1. The number of hydrogen-bond acceptors (Lipinski definition) is 8. The van der Waals surface area contributed by atoms with Crippen LogP contribution in [0.1, 0.15) is 36.6 Å². The van der Waals surface area contributed by atoms with E-state index in [9.17, 15) is 9.59 Å². The summed E-state index contributed by atoms with van der Waals surface area (Å²) in [5.41, 5.74) is 2.40. The third-order valence-corrected chi connectivity index (χ3v) is 7.73. The first kappa shape index (κ1) is 29.2. The van der Waals surface area contributed by atoms with E-state index in [1.165, 1.54) is 29.2 Å². The van der Waals surface area contributed by atoms with E-state index >= 15 is 0 Å². The van der Waals surface area contributed by atoms with Gasteiger partial charge in [0.25, 0.3) is 5.56 Å². The second kappa shape index (κ2) is 13.1. The normalized spacial score (nSPS) is 14.4. The fourth-order valence-corrected chi connectivity index (χ4v) is 5.68. The lowest BCUT2D eigenvalue weighted by Gasteiger charge is -2.23. The van der Waals surface area contributed by atoms with Gasteiger partial charge in [0.1, 0.15) is 12.4 Å². The third-order valence-electron chi connectivity index (χ3n) is 6.48. The minimum Gasteiger partial charge on any atom is -0.490 e. The van der Waals surface area contributed by atoms with Crippen molar-refractivity contribution in [2.75, 3.05) is 20.3 Å². The molecule has 42 heavy (non-hydrogen) atoms. The Hall–Kier alpha value is -4.34. The summed E-state index contributed by atoms with van der Waals surface area (Å²) in [4.78, 5) is 31.6. The second-order valence-electron chi connectivity index (χ2n) is 9.24. The minimum atomic E-state index is -0.764. The van der Waals surface area contributed by atoms with E-state index in [0.29, 0.717) is 57.0 Å². The molecule has 0 radical (unpaired) electrons. The highest BCUT2D eigenvalue weighted by molar-refractivity contribution is 7.07. The molecule has 2 heterocycles. The van der Waals surface area contributed by atoms with Gasteiger partial charge in [0.15, 0.2) is 16.3 Å². The zero-order valence-corrected chi connectivity index (χ0v) is 24.9. The first-order chi connectivity index (χ1) is 20.4. The van der Waals surface area contributed by atoms with Gasteiger partial charge in [0, 0.05) is 11.2 Å². The molecule has 1 aliphatic heterocycles. The summed E-state index contributed by atoms with van der Waals surface area (Å²) in [6.45, 7) is 5.04. The third kappa shape index (κ3) is 6.27. The molecule has 1 atom stereocenters. The van der Waals surface area contributed by atoms with Crippen LogP contribution in [0.15, 0.2) is 88.3 Å². The molecule has 5 rings (SSSR count). The average Bonchev–Trinajstić information content (AvgIpc) is 3.32. The van der Waals surface area contributed by atoms with Crippen LogP contribution < -0.4 is 29.1 Å². The van der Waals surface area contributed by atoms with Gasteiger partial charge < -0.3 is 18.9 Å². The van der Waals surface area contributed by atoms with Crippen molar-refractivity contribution in [3.8, 4) is 17.2 Å². The first-order valence-electron chi connectivity index (χ1n) is 13.4. The predicted octanol–water partition coefficient (Wildman–Crippen LogP) is 5.05. The molecule has 1 aliphatic rings. The van der Waals surface area contributed by atoms with Crippen molar-refractivity contribution in [2.24, 2.45) is 4.99 Å². The molecule has 10 heteroatoms. The number of halogens is 1. The molecule has 1 aromatic heterocycles. The van der Waals surface area contributed by atoms with Gasteiger partial charge in [-0.3, -0.25) is 9.36 Å². The molecule has 216 valence electrons. The number of benzene rings is 3. The van der Waals surface area contributed by atoms with Gasteiger partial charge in [-0.2, -0.15) is 0 Å². The summed E-state index contributed by atoms with van der Waals surface area (Å²) in [6, 6.07) is 19.6. The van der Waals surface area contributed by atoms with Crippen LogP contribution in [0, 0.1) is 0 Å². The molecule has 0 saturated heterocycles. The van der Waals surface area contributed by atoms with Gasteiger partial charge in [-0.05, 0) is 73.0 Å². The van der Waals surface area contributed by atoms with Gasteiger partial charge in [0.2, 0.25) is 0 Å². The van der Waals surface area contributed by atoms with Crippen molar-refractivity contribution < 1.29 is 23.7 Å². The Kier molecular flexibility index (Phi) is 9.09. The summed E-state index contributed by atoms with van der Waals surface area (Å²) in [5, 5.41) is 0.667. The zero-order valence-electron chi connectivity index (χ0n) is 23.3. The van der Waals surface area contributed by atoms with Crippen molar-refractivity contribution >= 4 is 35.0 Å². The van der Waals surface area contributed by atoms with Crippen LogP contribution in [-0.4, -0.2) is 30.9 Å². The number of thiazole rings is 1. The highest BCUT2D eigenvalue weighted by atomic mass is 35.5. The Morgan fingerprint density at radius 3 is 2.50 bits per heavy atom. The average molecular weight is 605 g/mol. The highest BCUT2D eigenvalue weighted by Gasteiger charge is 2.31. The Morgan fingerprint density at radius 2 is 1.76 bits per heavy atom. The van der Waals surface area contributed by atoms with E-state index in [0.717, 1.165) is 11.1 Å². The quantitative estimate of drug-likeness (QED) is 0.236. The number of hydrogen-bond donors (Lipinski definition) is 0. The maximum atomic E-state index is 13.9. The first-order valence-corrected chi connectivity index (χ1v) is 14.6. The number of rotatable bonds is 10. The standard InChI is InChI=1S/C32H29ClN2O6S/c1-4-39-26-14-11-22(17-27(26)40-5-2)29-25(31(37)38-3)18-34-32-35(29)30(36)28(42-32)16-21-7-6-8-24(15-21)41-19-20-9-12-23(33)13-10-20/h6-18,29H,4-5,19H2,1-3H3/b28-16+/t29-/m0/s1. The summed E-state index contributed by atoms with van der Waals surface area (Å²) in [5.74, 6) is 1.19. The predicted molar refractivity (Wildman–Crippen MR) is 162 cm³/mol. The Morgan fingerprint density at radius 1 is 1.00 bits per heavy atom. The van der Waals surface area contributed by atoms with E-state index in [4.69, 9.17) is 30.5 Å². The van der Waals surface area contributed by atoms with Gasteiger partial charge >= 0.3 is 5.97 Å². The Labute approximate surface area is 251 Å². The molecule has 4 aromatic rings. The molecular weight excluding hydrogens is 576 g/mol. The van der Waals surface area contributed by atoms with Gasteiger partial charge in [0.05, 0.1) is 36.5 Å². The number of fused-ring (bicyclic) bond motifs is 1. The molecular formula is C32H29ClN2O6S. The summed E-state index contributed by atoms with van der Waals surface area (Å²) >= 11 is 7.22. The van der Waals surface area contributed by atoms with Crippen LogP contribution in [0.2, 0.25) is 5.02 Å². The molecule has 0 unspecified atom stereocenters. The maximum Gasteiger partial charge on any atom is 0.337 e. The van der Waals surface area contributed by atoms with E-state index in [1.807, 2.05) is 68.4 Å². The van der Waals surface area contributed by atoms with Crippen molar-refractivity contribution in [3.05, 3.63) is 120 Å². The number of ether oxygens (including phenoxy) is 4. The molecule has 0 bridgehead atoms. The van der Waals surface area contributed by atoms with Crippen LogP contribution >= 0.6 is 22.9 Å². The molecule has 0 aliphatic carbocycles. The van der Waals surface area contributed by atoms with Crippen molar-refractivity contribution in [1.82, 2.24) is 4.57 Å². The lowest BCUT2D eigenvalue weighted by Crippen LogP contribution is -2.39. The number of carbonyl (C=O) groups is 1. The van der Waals surface area contributed by atoms with E-state index in [1.54, 1.807) is 18.2 Å². The second-order valence-corrected chi connectivity index (χ2v) is 10.7. The fourth-order valence-electron chi connectivity index (χ4n) is 4.58. The van der Waals surface area contributed by atoms with Gasteiger partial charge in [-0.1, -0.05) is 53.3 Å². The van der Waals surface area contributed by atoms with Crippen molar-refractivity contribution in [3.63, 3.8) is 0 Å². The van der Waals surface area contributed by atoms with Gasteiger partial charge in [-0.15, -0.1) is 0 Å². The molecule has 0 spiro atoms. The summed E-state index contributed by atoms with van der Waals surface area (Å²) in [7, 11) is 1.30. The van der Waals surface area contributed by atoms with E-state index in [-0.39, 0.29) is 11.1 Å². The number of methoxy groups -OCH3 is 1. The Bertz CT molecular complexity index is 1810. The largest absolute Gasteiger partial charge is 0.490 e. The minimum absolute atomic E-state index is 0.237. The maximum absolute atomic E-state index is 13.9. The zero-order chi connectivity index (χ0) is 29.6. The lowest BCUT2D eigenvalue weighted by atomic mass is 9.97. The number of nitrogens with zero attached hydrogens (tertiary/aromatic N) is 2. The van der Waals surface area contributed by atoms with Crippen LogP contribution in [0.5, 0.6) is 17.2 Å². The van der Waals surface area contributed by atoms with E-state index < -0.39 is 12.0 Å². The smallest absolute Gasteiger partial charge is 0.337 e. The Balaban J connectivity index is 1.53. The van der Waals surface area contributed by atoms with Crippen LogP contribution in [0.4, 0.5) is 0 Å². The molecule has 0 saturated carbocycles. The monoisotopic (exact) mass is 604 g/mol. The molecule has 0 amide bonds. The number of carbonyl (C=O) groups excluding carboxylic acids is 1. The molecule has 0 fully saturated rings. The van der Waals surface area contributed by atoms with Crippen molar-refractivity contribution in [2.45, 2.75) is 26.5 Å². The molecule has 0 N–H and O–H groups in total. The summed E-state index contributed by atoms with van der Waals surface area (Å²) in [6.07, 6.45) is 3.26. The highest BCUT2D eigenvalue weighted by Crippen LogP contribution is 2.35. The fraction of sp³-hybridized carbons (Fsp3) is 0.219. The lowest BCUT2D eigenvalue weighted by molar-refractivity contribution is -0.136. The van der Waals surface area contributed by atoms with Crippen molar-refractivity contribution in [1.29, 1.82) is 0 Å². The van der Waals surface area contributed by atoms with Crippen LogP contribution in [0.25, 0.3) is 6.08 Å². The molecule has 3 aromatic carbocycles. The molecule has 8 nitrogen and oxygen atoms in total. The van der Waals surface area contributed by atoms with Gasteiger partial charge in [-0.25, -0.2) is 9.79 Å². The number of aromatic nitrogens is 1. The topological polar surface area (TPSA) is 88.4 Å². The summed E-state index contributed by atoms with van der Waals surface area (Å²) < 4.78 is 24.5. The SMILES string of the molecule is CCOc1ccc([C@H]2C(C(=O)OC)=CN=c3s/c(=C/c4cccc(OCc5ccc(Cl)cc5)c4)c(=O)n32)cc1OCC. The van der Waals surface area contributed by atoms with Crippen LogP contribution in [-0.2, 0) is 16.1 Å².